The number of aromatic nitrogens is 6. The number of nitrogens with zero attached hydrogens (tertiary/aromatic N) is 6. The van der Waals surface area contributed by atoms with Crippen LogP contribution in [0.3, 0.4) is 0 Å². The van der Waals surface area contributed by atoms with Gasteiger partial charge in [-0.15, -0.1) is 20.4 Å². The van der Waals surface area contributed by atoms with E-state index in [4.69, 9.17) is 10.2 Å². The lowest BCUT2D eigenvalue weighted by Gasteiger charge is -2.31. The quantitative estimate of drug-likeness (QED) is 0.302. The largest absolute Gasteiger partial charge is 0.128 e. The Labute approximate surface area is 210 Å². The van der Waals surface area contributed by atoms with Gasteiger partial charge in [-0.05, 0) is 50.3 Å². The third-order valence-corrected chi connectivity index (χ3v) is 7.30. The van der Waals surface area contributed by atoms with Crippen LogP contribution in [0.4, 0.5) is 0 Å². The SMILES string of the molecule is CC(C)(c1ccccc1)c1cc(C(C)(C)c2ccccc2)c2nn(-n3nc4ccccc4n3)nc2c1. The maximum absolute atomic E-state index is 4.91. The maximum atomic E-state index is 4.91. The van der Waals surface area contributed by atoms with Crippen molar-refractivity contribution >= 4 is 22.1 Å². The van der Waals surface area contributed by atoms with Crippen LogP contribution < -0.4 is 0 Å². The number of hydrogen-bond acceptors (Lipinski definition) is 4. The Morgan fingerprint density at radius 3 is 1.53 bits per heavy atom. The zero-order valence-corrected chi connectivity index (χ0v) is 20.9. The van der Waals surface area contributed by atoms with Crippen molar-refractivity contribution in [2.45, 2.75) is 38.5 Å². The third kappa shape index (κ3) is 3.57. The first-order chi connectivity index (χ1) is 17.3. The first-order valence-electron chi connectivity index (χ1n) is 12.2. The third-order valence-electron chi connectivity index (χ3n) is 7.30. The molecule has 0 spiro atoms. The van der Waals surface area contributed by atoms with E-state index >= 15 is 0 Å². The molecule has 6 nitrogen and oxygen atoms in total. The van der Waals surface area contributed by atoms with Crippen molar-refractivity contribution < 1.29 is 0 Å². The summed E-state index contributed by atoms with van der Waals surface area (Å²) < 4.78 is 0. The minimum absolute atomic E-state index is 0.223. The molecule has 0 aliphatic heterocycles. The second-order valence-electron chi connectivity index (χ2n) is 10.3. The van der Waals surface area contributed by atoms with E-state index in [9.17, 15) is 0 Å². The van der Waals surface area contributed by atoms with Crippen molar-refractivity contribution in [3.05, 3.63) is 119 Å². The van der Waals surface area contributed by atoms with Gasteiger partial charge in [-0.2, -0.15) is 0 Å². The van der Waals surface area contributed by atoms with Gasteiger partial charge in [0.1, 0.15) is 22.1 Å². The van der Waals surface area contributed by atoms with Gasteiger partial charge in [0.2, 0.25) is 0 Å². The second-order valence-corrected chi connectivity index (χ2v) is 10.3. The molecule has 178 valence electrons. The Morgan fingerprint density at radius 1 is 0.472 bits per heavy atom. The lowest BCUT2D eigenvalue weighted by Crippen LogP contribution is -2.23. The summed E-state index contributed by atoms with van der Waals surface area (Å²) in [5.74, 6) is 0. The summed E-state index contributed by atoms with van der Waals surface area (Å²) in [7, 11) is 0. The van der Waals surface area contributed by atoms with Crippen molar-refractivity contribution in [2.75, 3.05) is 0 Å². The monoisotopic (exact) mass is 472 g/mol. The Balaban J connectivity index is 1.59. The molecule has 36 heavy (non-hydrogen) atoms. The Hall–Kier alpha value is -4.32. The zero-order valence-electron chi connectivity index (χ0n) is 20.9. The van der Waals surface area contributed by atoms with E-state index in [2.05, 4.69) is 111 Å². The van der Waals surface area contributed by atoms with E-state index in [1.807, 2.05) is 24.3 Å². The van der Waals surface area contributed by atoms with Gasteiger partial charge in [0.05, 0.1) is 0 Å². The van der Waals surface area contributed by atoms with Crippen molar-refractivity contribution in [2.24, 2.45) is 0 Å². The van der Waals surface area contributed by atoms with Crippen LogP contribution in [-0.2, 0) is 10.8 Å². The average Bonchev–Trinajstić information content (AvgIpc) is 3.53. The molecule has 0 N–H and O–H groups in total. The van der Waals surface area contributed by atoms with E-state index in [1.165, 1.54) is 26.5 Å². The molecular weight excluding hydrogens is 444 g/mol. The van der Waals surface area contributed by atoms with E-state index in [-0.39, 0.29) is 10.8 Å². The highest BCUT2D eigenvalue weighted by Crippen LogP contribution is 2.40. The first-order valence-corrected chi connectivity index (χ1v) is 12.2. The number of hydrogen-bond donors (Lipinski definition) is 0. The molecule has 0 atom stereocenters. The van der Waals surface area contributed by atoms with Crippen LogP contribution in [0.1, 0.15) is 49.9 Å². The van der Waals surface area contributed by atoms with Gasteiger partial charge in [0, 0.05) is 10.8 Å². The van der Waals surface area contributed by atoms with Gasteiger partial charge in [0.15, 0.2) is 0 Å². The van der Waals surface area contributed by atoms with E-state index in [0.29, 0.717) is 0 Å². The molecule has 6 rings (SSSR count). The highest BCUT2D eigenvalue weighted by atomic mass is 15.8. The fourth-order valence-electron chi connectivity index (χ4n) is 4.89. The molecule has 2 aromatic heterocycles. The lowest BCUT2D eigenvalue weighted by molar-refractivity contribution is 0.398. The molecule has 0 radical (unpaired) electrons. The summed E-state index contributed by atoms with van der Waals surface area (Å²) in [5.41, 5.74) is 7.52. The van der Waals surface area contributed by atoms with Gasteiger partial charge in [-0.25, -0.2) is 0 Å². The molecule has 2 heterocycles. The maximum Gasteiger partial charge on any atom is 0.119 e. The van der Waals surface area contributed by atoms with Crippen LogP contribution >= 0.6 is 0 Å². The summed E-state index contributed by atoms with van der Waals surface area (Å²) >= 11 is 0. The Bertz CT molecular complexity index is 1640. The molecule has 4 aromatic carbocycles. The van der Waals surface area contributed by atoms with E-state index in [0.717, 1.165) is 27.6 Å². The molecule has 0 aliphatic carbocycles. The molecule has 0 saturated heterocycles. The van der Waals surface area contributed by atoms with Gasteiger partial charge in [-0.1, -0.05) is 107 Å². The zero-order chi connectivity index (χ0) is 24.9. The molecular formula is C30H28N6. The van der Waals surface area contributed by atoms with Crippen LogP contribution in [0.15, 0.2) is 97.1 Å². The summed E-state index contributed by atoms with van der Waals surface area (Å²) in [6.45, 7) is 9.01. The minimum Gasteiger partial charge on any atom is -0.128 e. The van der Waals surface area contributed by atoms with Gasteiger partial charge >= 0.3 is 0 Å². The van der Waals surface area contributed by atoms with Gasteiger partial charge in [-0.3, -0.25) is 0 Å². The van der Waals surface area contributed by atoms with Gasteiger partial charge < -0.3 is 0 Å². The molecule has 0 amide bonds. The van der Waals surface area contributed by atoms with Crippen molar-refractivity contribution in [3.8, 4) is 0 Å². The molecule has 0 saturated carbocycles. The second kappa shape index (κ2) is 8.12. The molecule has 6 heteroatoms. The summed E-state index contributed by atoms with van der Waals surface area (Å²) in [6, 6.07) is 33.4. The standard InChI is InChI=1S/C30H28N6/c1-29(2,21-13-7-5-8-14-21)23-19-24(30(3,4)22-15-9-6-10-16-22)28-27(20-23)33-36(34-28)35-31-25-17-11-12-18-26(25)32-35/h5-20H,1-4H3. The van der Waals surface area contributed by atoms with Crippen LogP contribution in [0.5, 0.6) is 0 Å². The topological polar surface area (TPSA) is 61.4 Å². The normalized spacial score (nSPS) is 12.4. The van der Waals surface area contributed by atoms with Crippen LogP contribution in [0.25, 0.3) is 22.1 Å². The number of benzene rings is 4. The van der Waals surface area contributed by atoms with Gasteiger partial charge in [0.25, 0.3) is 0 Å². The average molecular weight is 473 g/mol. The Kier molecular flexibility index (Phi) is 5.00. The lowest BCUT2D eigenvalue weighted by atomic mass is 9.73. The van der Waals surface area contributed by atoms with Crippen molar-refractivity contribution in [1.82, 2.24) is 30.2 Å². The smallest absolute Gasteiger partial charge is 0.119 e. The predicted molar refractivity (Wildman–Crippen MR) is 143 cm³/mol. The Morgan fingerprint density at radius 2 is 0.944 bits per heavy atom. The molecule has 6 aromatic rings. The summed E-state index contributed by atoms with van der Waals surface area (Å²) in [4.78, 5) is 2.96. The molecule has 0 fully saturated rings. The summed E-state index contributed by atoms with van der Waals surface area (Å²) in [5, 5.41) is 18.9. The fourth-order valence-corrected chi connectivity index (χ4v) is 4.89. The molecule has 0 aliphatic rings. The summed E-state index contributed by atoms with van der Waals surface area (Å²) in [6.07, 6.45) is 0. The predicted octanol–water partition coefficient (Wildman–Crippen LogP) is 6.14. The number of rotatable bonds is 5. The van der Waals surface area contributed by atoms with Crippen molar-refractivity contribution in [3.63, 3.8) is 0 Å². The van der Waals surface area contributed by atoms with Crippen LogP contribution in [0.2, 0.25) is 0 Å². The fraction of sp³-hybridized carbons (Fsp3) is 0.200. The minimum atomic E-state index is -0.300. The van der Waals surface area contributed by atoms with Crippen molar-refractivity contribution in [1.29, 1.82) is 0 Å². The highest BCUT2D eigenvalue weighted by molar-refractivity contribution is 5.81. The first kappa shape index (κ1) is 22.2. The van der Waals surface area contributed by atoms with Crippen LogP contribution in [-0.4, -0.2) is 30.2 Å². The molecule has 0 unspecified atom stereocenters. The van der Waals surface area contributed by atoms with E-state index < -0.39 is 0 Å². The molecule has 0 bridgehead atoms. The highest BCUT2D eigenvalue weighted by Gasteiger charge is 2.31. The number of fused-ring (bicyclic) bond motifs is 2. The van der Waals surface area contributed by atoms with Crippen LogP contribution in [0, 0.1) is 0 Å². The van der Waals surface area contributed by atoms with E-state index in [1.54, 1.807) is 0 Å².